The first-order chi connectivity index (χ1) is 12.6. The Bertz CT molecular complexity index is 795. The van der Waals surface area contributed by atoms with E-state index in [1.165, 1.54) is 12.1 Å². The van der Waals surface area contributed by atoms with Gasteiger partial charge in [-0.15, -0.1) is 0 Å². The van der Waals surface area contributed by atoms with Crippen LogP contribution in [0.25, 0.3) is 0 Å². The summed E-state index contributed by atoms with van der Waals surface area (Å²) in [5, 5.41) is 5.18. The van der Waals surface area contributed by atoms with Gasteiger partial charge in [0.25, 0.3) is 5.91 Å². The molecule has 7 heteroatoms. The van der Waals surface area contributed by atoms with Gasteiger partial charge >= 0.3 is 6.18 Å². The van der Waals surface area contributed by atoms with Crippen molar-refractivity contribution in [3.05, 3.63) is 70.3 Å². The van der Waals surface area contributed by atoms with Crippen molar-refractivity contribution in [1.82, 2.24) is 10.6 Å². The molecule has 0 heterocycles. The van der Waals surface area contributed by atoms with E-state index in [1.54, 1.807) is 12.1 Å². The summed E-state index contributed by atoms with van der Waals surface area (Å²) in [5.41, 5.74) is 2.39. The number of halogens is 3. The van der Waals surface area contributed by atoms with Crippen LogP contribution in [0.1, 0.15) is 32.6 Å². The molecular weight excluding hydrogens is 357 g/mol. The van der Waals surface area contributed by atoms with E-state index in [4.69, 9.17) is 0 Å². The molecule has 0 saturated heterocycles. The number of carbonyl (C=O) groups is 2. The van der Waals surface area contributed by atoms with Gasteiger partial charge in [0.05, 0.1) is 12.1 Å². The Hall–Kier alpha value is -2.83. The smallest absolute Gasteiger partial charge is 0.354 e. The lowest BCUT2D eigenvalue weighted by molar-refractivity contribution is -0.137. The summed E-state index contributed by atoms with van der Waals surface area (Å²) in [6, 6.07) is 10.2. The van der Waals surface area contributed by atoms with Gasteiger partial charge in [-0.2, -0.15) is 13.2 Å². The molecule has 144 valence electrons. The fourth-order valence-corrected chi connectivity index (χ4v) is 2.64. The van der Waals surface area contributed by atoms with Crippen LogP contribution in [0.3, 0.4) is 0 Å². The van der Waals surface area contributed by atoms with Crippen molar-refractivity contribution in [2.75, 3.05) is 13.1 Å². The van der Waals surface area contributed by atoms with Crippen LogP contribution in [0, 0.1) is 13.8 Å². The summed E-state index contributed by atoms with van der Waals surface area (Å²) in [4.78, 5) is 23.9. The first-order valence-corrected chi connectivity index (χ1v) is 8.44. The fourth-order valence-electron chi connectivity index (χ4n) is 2.64. The molecule has 0 aliphatic heterocycles. The lowest BCUT2D eigenvalue weighted by Gasteiger charge is -2.09. The number of hydrogen-bond donors (Lipinski definition) is 2. The van der Waals surface area contributed by atoms with Gasteiger partial charge in [-0.1, -0.05) is 29.3 Å². The van der Waals surface area contributed by atoms with Gasteiger partial charge in [-0.25, -0.2) is 0 Å². The molecule has 0 radical (unpaired) electrons. The molecule has 0 spiro atoms. The van der Waals surface area contributed by atoms with E-state index in [1.807, 2.05) is 19.9 Å². The second kappa shape index (κ2) is 8.70. The summed E-state index contributed by atoms with van der Waals surface area (Å²) in [7, 11) is 0. The van der Waals surface area contributed by atoms with Crippen molar-refractivity contribution < 1.29 is 22.8 Å². The molecule has 2 aromatic rings. The average Bonchev–Trinajstić information content (AvgIpc) is 2.58. The molecule has 0 aliphatic carbocycles. The monoisotopic (exact) mass is 378 g/mol. The Kier molecular flexibility index (Phi) is 6.60. The molecule has 2 aromatic carbocycles. The van der Waals surface area contributed by atoms with E-state index < -0.39 is 11.7 Å². The molecule has 0 atom stereocenters. The van der Waals surface area contributed by atoms with Crippen LogP contribution in [0.5, 0.6) is 0 Å². The van der Waals surface area contributed by atoms with Crippen molar-refractivity contribution in [1.29, 1.82) is 0 Å². The molecule has 0 aliphatic rings. The molecule has 0 saturated carbocycles. The highest BCUT2D eigenvalue weighted by atomic mass is 19.4. The van der Waals surface area contributed by atoms with Crippen molar-refractivity contribution >= 4 is 11.8 Å². The molecule has 2 rings (SSSR count). The molecule has 0 bridgehead atoms. The van der Waals surface area contributed by atoms with Gasteiger partial charge in [0.1, 0.15) is 0 Å². The molecule has 2 N–H and O–H groups in total. The summed E-state index contributed by atoms with van der Waals surface area (Å²) in [6.07, 6.45) is -3.96. The average molecular weight is 378 g/mol. The molecule has 0 aromatic heterocycles. The van der Waals surface area contributed by atoms with E-state index >= 15 is 0 Å². The SMILES string of the molecule is Cc1cc(C)cc(C(=O)NCC(=O)NCCc2ccc(C(F)(F)F)cc2)c1. The number of hydrogen-bond acceptors (Lipinski definition) is 2. The maximum atomic E-state index is 12.5. The number of nitrogens with one attached hydrogen (secondary N) is 2. The molecule has 0 unspecified atom stereocenters. The van der Waals surface area contributed by atoms with E-state index in [9.17, 15) is 22.8 Å². The van der Waals surface area contributed by atoms with E-state index in [-0.39, 0.29) is 24.9 Å². The molecular formula is C20H21F3N2O2. The first-order valence-electron chi connectivity index (χ1n) is 8.44. The largest absolute Gasteiger partial charge is 0.416 e. The highest BCUT2D eigenvalue weighted by molar-refractivity contribution is 5.96. The van der Waals surface area contributed by atoms with Crippen LogP contribution in [0.2, 0.25) is 0 Å². The van der Waals surface area contributed by atoms with Crippen LogP contribution < -0.4 is 10.6 Å². The Morgan fingerprint density at radius 1 is 0.926 bits per heavy atom. The van der Waals surface area contributed by atoms with Crippen LogP contribution in [-0.4, -0.2) is 24.9 Å². The van der Waals surface area contributed by atoms with Gasteiger partial charge in [0, 0.05) is 12.1 Å². The topological polar surface area (TPSA) is 58.2 Å². The van der Waals surface area contributed by atoms with Crippen LogP contribution in [0.4, 0.5) is 13.2 Å². The predicted octanol–water partition coefficient (Wildman–Crippen LogP) is 3.41. The maximum Gasteiger partial charge on any atom is 0.416 e. The zero-order valence-electron chi connectivity index (χ0n) is 15.1. The third kappa shape index (κ3) is 6.44. The molecule has 4 nitrogen and oxygen atoms in total. The summed E-state index contributed by atoms with van der Waals surface area (Å²) >= 11 is 0. The highest BCUT2D eigenvalue weighted by Crippen LogP contribution is 2.29. The first kappa shape index (κ1) is 20.5. The summed E-state index contributed by atoms with van der Waals surface area (Å²) in [6.45, 7) is 3.87. The molecule has 27 heavy (non-hydrogen) atoms. The Morgan fingerprint density at radius 3 is 2.07 bits per heavy atom. The summed E-state index contributed by atoms with van der Waals surface area (Å²) < 4.78 is 37.5. The van der Waals surface area contributed by atoms with E-state index in [0.717, 1.165) is 23.3 Å². The van der Waals surface area contributed by atoms with Crippen molar-refractivity contribution in [3.63, 3.8) is 0 Å². The van der Waals surface area contributed by atoms with Gasteiger partial charge in [0.15, 0.2) is 0 Å². The van der Waals surface area contributed by atoms with Crippen molar-refractivity contribution in [2.24, 2.45) is 0 Å². The van der Waals surface area contributed by atoms with Gasteiger partial charge in [0.2, 0.25) is 5.91 Å². The number of amides is 2. The minimum atomic E-state index is -4.36. The molecule has 0 fully saturated rings. The Labute approximate surface area is 155 Å². The number of rotatable bonds is 6. The fraction of sp³-hybridized carbons (Fsp3) is 0.300. The number of aryl methyl sites for hydroxylation is 2. The quantitative estimate of drug-likeness (QED) is 0.809. The van der Waals surface area contributed by atoms with Gasteiger partial charge < -0.3 is 10.6 Å². The third-order valence-corrected chi connectivity index (χ3v) is 3.91. The number of carbonyl (C=O) groups excluding carboxylic acids is 2. The minimum absolute atomic E-state index is 0.168. The Morgan fingerprint density at radius 2 is 1.52 bits per heavy atom. The zero-order valence-corrected chi connectivity index (χ0v) is 15.1. The Balaban J connectivity index is 1.75. The third-order valence-electron chi connectivity index (χ3n) is 3.91. The van der Waals surface area contributed by atoms with Crippen LogP contribution in [0.15, 0.2) is 42.5 Å². The lowest BCUT2D eigenvalue weighted by Crippen LogP contribution is -2.37. The molecule has 2 amide bonds. The van der Waals surface area contributed by atoms with E-state index in [0.29, 0.717) is 17.5 Å². The second-order valence-electron chi connectivity index (χ2n) is 6.35. The van der Waals surface area contributed by atoms with Crippen LogP contribution >= 0.6 is 0 Å². The predicted molar refractivity (Wildman–Crippen MR) is 96.4 cm³/mol. The second-order valence-corrected chi connectivity index (χ2v) is 6.35. The van der Waals surface area contributed by atoms with Crippen molar-refractivity contribution in [2.45, 2.75) is 26.4 Å². The van der Waals surface area contributed by atoms with Crippen LogP contribution in [-0.2, 0) is 17.4 Å². The van der Waals surface area contributed by atoms with E-state index in [2.05, 4.69) is 10.6 Å². The normalized spacial score (nSPS) is 11.1. The lowest BCUT2D eigenvalue weighted by atomic mass is 10.1. The summed E-state index contributed by atoms with van der Waals surface area (Å²) in [5.74, 6) is -0.695. The minimum Gasteiger partial charge on any atom is -0.354 e. The highest BCUT2D eigenvalue weighted by Gasteiger charge is 2.29. The van der Waals surface area contributed by atoms with Gasteiger partial charge in [-0.3, -0.25) is 9.59 Å². The van der Waals surface area contributed by atoms with Gasteiger partial charge in [-0.05, 0) is 50.1 Å². The number of alkyl halides is 3. The standard InChI is InChI=1S/C20H21F3N2O2/c1-13-9-14(2)11-16(10-13)19(27)25-12-18(26)24-8-7-15-3-5-17(6-4-15)20(21,22)23/h3-6,9-11H,7-8,12H2,1-2H3,(H,24,26)(H,25,27). The number of benzene rings is 2. The maximum absolute atomic E-state index is 12.5. The zero-order chi connectivity index (χ0) is 20.0. The van der Waals surface area contributed by atoms with Crippen molar-refractivity contribution in [3.8, 4) is 0 Å².